The molecule has 2 rings (SSSR count). The molecule has 0 saturated carbocycles. The number of ether oxygens (including phenoxy) is 2. The fraction of sp³-hybridized carbons (Fsp3) is 0.316. The van der Waals surface area contributed by atoms with Crippen LogP contribution in [0.1, 0.15) is 25.8 Å². The van der Waals surface area contributed by atoms with Crippen LogP contribution in [-0.4, -0.2) is 24.2 Å². The van der Waals surface area contributed by atoms with Gasteiger partial charge in [0.1, 0.15) is 5.75 Å². The van der Waals surface area contributed by atoms with Crippen LogP contribution in [0.15, 0.2) is 42.5 Å². The lowest BCUT2D eigenvalue weighted by atomic mass is 10.1. The Morgan fingerprint density at radius 3 is 2.46 bits per heavy atom. The van der Waals surface area contributed by atoms with Gasteiger partial charge >= 0.3 is 0 Å². The highest BCUT2D eigenvalue weighted by Gasteiger charge is 2.09. The van der Waals surface area contributed by atoms with Gasteiger partial charge in [0.05, 0.1) is 13.2 Å². The van der Waals surface area contributed by atoms with E-state index in [-0.39, 0.29) is 18.1 Å². The van der Waals surface area contributed by atoms with Crippen molar-refractivity contribution in [1.29, 1.82) is 0 Å². The van der Waals surface area contributed by atoms with Gasteiger partial charge in [0.15, 0.2) is 11.5 Å². The van der Waals surface area contributed by atoms with Crippen molar-refractivity contribution in [2.75, 3.05) is 18.5 Å². The number of para-hydroxylation sites is 1. The molecule has 0 fully saturated rings. The van der Waals surface area contributed by atoms with Gasteiger partial charge in [0, 0.05) is 18.2 Å². The zero-order valence-electron chi connectivity index (χ0n) is 14.0. The third-order valence-corrected chi connectivity index (χ3v) is 3.44. The Balaban J connectivity index is 1.98. The normalized spacial score (nSPS) is 10.2. The molecule has 0 aromatic heterocycles. The molecule has 0 radical (unpaired) electrons. The molecule has 0 spiro atoms. The van der Waals surface area contributed by atoms with Crippen molar-refractivity contribution in [1.82, 2.24) is 0 Å². The van der Waals surface area contributed by atoms with Crippen molar-refractivity contribution < 1.29 is 19.4 Å². The minimum Gasteiger partial charge on any atom is -0.508 e. The summed E-state index contributed by atoms with van der Waals surface area (Å²) < 4.78 is 11.0. The highest BCUT2D eigenvalue weighted by Crippen LogP contribution is 2.30. The Morgan fingerprint density at radius 1 is 1.04 bits per heavy atom. The summed E-state index contributed by atoms with van der Waals surface area (Å²) in [4.78, 5) is 12.1. The minimum atomic E-state index is -0.120. The minimum absolute atomic E-state index is 0.120. The largest absolute Gasteiger partial charge is 0.508 e. The summed E-state index contributed by atoms with van der Waals surface area (Å²) in [5.74, 6) is 1.36. The molecule has 128 valence electrons. The highest BCUT2D eigenvalue weighted by atomic mass is 16.5. The Labute approximate surface area is 142 Å². The standard InChI is InChI=1S/C19H23NO4/c1-3-23-17-11-10-15(13-18(17)24-4-2)20-19(22)12-9-14-7-5-6-8-16(14)21/h5-8,10-11,13,21H,3-4,9,12H2,1-2H3,(H,20,22). The van der Waals surface area contributed by atoms with E-state index in [0.29, 0.717) is 36.8 Å². The van der Waals surface area contributed by atoms with Crippen LogP contribution >= 0.6 is 0 Å². The van der Waals surface area contributed by atoms with Crippen molar-refractivity contribution in [3.05, 3.63) is 48.0 Å². The lowest BCUT2D eigenvalue weighted by Gasteiger charge is -2.13. The number of hydrogen-bond acceptors (Lipinski definition) is 4. The van der Waals surface area contributed by atoms with Crippen molar-refractivity contribution in [3.63, 3.8) is 0 Å². The monoisotopic (exact) mass is 329 g/mol. The van der Waals surface area contributed by atoms with Crippen LogP contribution < -0.4 is 14.8 Å². The van der Waals surface area contributed by atoms with E-state index >= 15 is 0 Å². The first kappa shape index (κ1) is 17.7. The summed E-state index contributed by atoms with van der Waals surface area (Å²) in [6.45, 7) is 4.87. The van der Waals surface area contributed by atoms with E-state index in [9.17, 15) is 9.90 Å². The molecule has 2 aromatic rings. The number of hydrogen-bond donors (Lipinski definition) is 2. The number of nitrogens with one attached hydrogen (secondary N) is 1. The number of carbonyl (C=O) groups excluding carboxylic acids is 1. The van der Waals surface area contributed by atoms with Crippen molar-refractivity contribution in [2.45, 2.75) is 26.7 Å². The van der Waals surface area contributed by atoms with E-state index < -0.39 is 0 Å². The smallest absolute Gasteiger partial charge is 0.224 e. The maximum absolute atomic E-state index is 12.1. The summed E-state index contributed by atoms with van der Waals surface area (Å²) >= 11 is 0. The molecule has 0 aliphatic rings. The van der Waals surface area contributed by atoms with Gasteiger partial charge in [-0.1, -0.05) is 18.2 Å². The molecule has 24 heavy (non-hydrogen) atoms. The zero-order chi connectivity index (χ0) is 17.4. The van der Waals surface area contributed by atoms with Gasteiger partial charge in [-0.25, -0.2) is 0 Å². The van der Waals surface area contributed by atoms with E-state index in [1.165, 1.54) is 0 Å². The predicted octanol–water partition coefficient (Wildman–Crippen LogP) is 3.76. The van der Waals surface area contributed by atoms with Gasteiger partial charge < -0.3 is 19.9 Å². The summed E-state index contributed by atoms with van der Waals surface area (Å²) in [5.41, 5.74) is 1.42. The van der Waals surface area contributed by atoms with Gasteiger partial charge in [-0.05, 0) is 44.0 Å². The first-order valence-electron chi connectivity index (χ1n) is 8.10. The molecular weight excluding hydrogens is 306 g/mol. The number of aryl methyl sites for hydroxylation is 1. The van der Waals surface area contributed by atoms with Crippen LogP contribution in [0.25, 0.3) is 0 Å². The fourth-order valence-corrected chi connectivity index (χ4v) is 2.32. The van der Waals surface area contributed by atoms with Crippen LogP contribution in [0, 0.1) is 0 Å². The SMILES string of the molecule is CCOc1ccc(NC(=O)CCc2ccccc2O)cc1OCC. The number of aromatic hydroxyl groups is 1. The lowest BCUT2D eigenvalue weighted by molar-refractivity contribution is -0.116. The molecule has 0 bridgehead atoms. The van der Waals surface area contributed by atoms with E-state index in [1.807, 2.05) is 26.0 Å². The molecule has 0 aliphatic carbocycles. The quantitative estimate of drug-likeness (QED) is 0.774. The van der Waals surface area contributed by atoms with E-state index in [1.54, 1.807) is 30.3 Å². The second-order valence-electron chi connectivity index (χ2n) is 5.20. The van der Waals surface area contributed by atoms with E-state index in [0.717, 1.165) is 5.56 Å². The molecule has 0 saturated heterocycles. The van der Waals surface area contributed by atoms with Crippen LogP contribution in [0.4, 0.5) is 5.69 Å². The molecule has 1 amide bonds. The number of benzene rings is 2. The second kappa shape index (κ2) is 8.82. The highest BCUT2D eigenvalue weighted by molar-refractivity contribution is 5.91. The predicted molar refractivity (Wildman–Crippen MR) is 93.8 cm³/mol. The molecule has 5 nitrogen and oxygen atoms in total. The molecule has 0 aliphatic heterocycles. The van der Waals surface area contributed by atoms with Gasteiger partial charge in [0.25, 0.3) is 0 Å². The van der Waals surface area contributed by atoms with Gasteiger partial charge in [-0.2, -0.15) is 0 Å². The van der Waals surface area contributed by atoms with E-state index in [4.69, 9.17) is 9.47 Å². The molecule has 5 heteroatoms. The number of carbonyl (C=O) groups is 1. The van der Waals surface area contributed by atoms with Crippen LogP contribution in [0.3, 0.4) is 0 Å². The van der Waals surface area contributed by atoms with Gasteiger partial charge in [-0.15, -0.1) is 0 Å². The third kappa shape index (κ3) is 4.91. The fourth-order valence-electron chi connectivity index (χ4n) is 2.32. The summed E-state index contributed by atoms with van der Waals surface area (Å²) in [6, 6.07) is 12.4. The van der Waals surface area contributed by atoms with Crippen molar-refractivity contribution in [2.24, 2.45) is 0 Å². The van der Waals surface area contributed by atoms with Crippen molar-refractivity contribution in [3.8, 4) is 17.2 Å². The molecule has 2 aromatic carbocycles. The topological polar surface area (TPSA) is 67.8 Å². The Kier molecular flexibility index (Phi) is 6.49. The lowest BCUT2D eigenvalue weighted by Crippen LogP contribution is -2.12. The third-order valence-electron chi connectivity index (χ3n) is 3.44. The molecular formula is C19H23NO4. The average Bonchev–Trinajstić information content (AvgIpc) is 2.57. The Morgan fingerprint density at radius 2 is 1.75 bits per heavy atom. The Hall–Kier alpha value is -2.69. The molecule has 0 heterocycles. The van der Waals surface area contributed by atoms with Crippen LogP contribution in [0.2, 0.25) is 0 Å². The van der Waals surface area contributed by atoms with Crippen LogP contribution in [-0.2, 0) is 11.2 Å². The van der Waals surface area contributed by atoms with Gasteiger partial charge in [-0.3, -0.25) is 4.79 Å². The maximum Gasteiger partial charge on any atom is 0.224 e. The number of phenolic OH excluding ortho intramolecular Hbond substituents is 1. The maximum atomic E-state index is 12.1. The van der Waals surface area contributed by atoms with E-state index in [2.05, 4.69) is 5.32 Å². The van der Waals surface area contributed by atoms with Gasteiger partial charge in [0.2, 0.25) is 5.91 Å². The van der Waals surface area contributed by atoms with Crippen LogP contribution in [0.5, 0.6) is 17.2 Å². The molecule has 0 unspecified atom stereocenters. The second-order valence-corrected chi connectivity index (χ2v) is 5.20. The number of phenols is 1. The zero-order valence-corrected chi connectivity index (χ0v) is 14.0. The van der Waals surface area contributed by atoms with Crippen molar-refractivity contribution >= 4 is 11.6 Å². The summed E-state index contributed by atoms with van der Waals surface area (Å²) in [7, 11) is 0. The molecule has 0 atom stereocenters. The summed E-state index contributed by atoms with van der Waals surface area (Å²) in [5, 5.41) is 12.6. The number of amides is 1. The first-order valence-corrected chi connectivity index (χ1v) is 8.10. The average molecular weight is 329 g/mol. The Bertz CT molecular complexity index is 685. The molecule has 2 N–H and O–H groups in total. The first-order chi connectivity index (χ1) is 11.6. The number of anilines is 1. The summed E-state index contributed by atoms with van der Waals surface area (Å²) in [6.07, 6.45) is 0.766. The number of rotatable bonds is 8.